The molecule has 0 aliphatic rings. The van der Waals surface area contributed by atoms with Gasteiger partial charge in [-0.2, -0.15) is 5.10 Å². The van der Waals surface area contributed by atoms with Crippen LogP contribution in [0.15, 0.2) is 36.7 Å². The summed E-state index contributed by atoms with van der Waals surface area (Å²) in [6.45, 7) is 2.18. The highest BCUT2D eigenvalue weighted by molar-refractivity contribution is 5.89. The zero-order valence-corrected chi connectivity index (χ0v) is 13.1. The molecule has 0 aliphatic carbocycles. The van der Waals surface area contributed by atoms with Crippen LogP contribution in [0.25, 0.3) is 0 Å². The molecule has 2 rings (SSSR count). The number of nitrogens with one attached hydrogen (secondary N) is 3. The number of carbonyl (C=O) groups is 2. The maximum atomic E-state index is 11.9. The fraction of sp³-hybridized carbons (Fsp3) is 0.312. The topological polar surface area (TPSA) is 96.1 Å². The number of aromatic amines is 1. The Morgan fingerprint density at radius 2 is 2.22 bits per heavy atom. The highest BCUT2D eigenvalue weighted by Gasteiger charge is 2.20. The standard InChI is InChI=1S/C16H20N4O3/c1-11-4-3-5-12(6-11)7-13(15(21)23-2)8-17-16(22)20-14-9-18-19-10-14/h3-6,9-10,13H,7-8H2,1-2H3,(H,18,19)(H2,17,20,22)/t13-/m0/s1. The Morgan fingerprint density at radius 1 is 1.39 bits per heavy atom. The van der Waals surface area contributed by atoms with Gasteiger partial charge in [-0.15, -0.1) is 0 Å². The smallest absolute Gasteiger partial charge is 0.319 e. The summed E-state index contributed by atoms with van der Waals surface area (Å²) >= 11 is 0. The van der Waals surface area contributed by atoms with Gasteiger partial charge in [0.1, 0.15) is 0 Å². The zero-order chi connectivity index (χ0) is 16.7. The lowest BCUT2D eigenvalue weighted by atomic mass is 9.98. The number of aryl methyl sites for hydroxylation is 1. The maximum absolute atomic E-state index is 11.9. The lowest BCUT2D eigenvalue weighted by Gasteiger charge is -2.16. The lowest BCUT2D eigenvalue weighted by molar-refractivity contribution is -0.145. The fourth-order valence-corrected chi connectivity index (χ4v) is 2.24. The van der Waals surface area contributed by atoms with E-state index < -0.39 is 11.9 Å². The number of ether oxygens (including phenoxy) is 1. The summed E-state index contributed by atoms with van der Waals surface area (Å²) in [6, 6.07) is 7.51. The van der Waals surface area contributed by atoms with Gasteiger partial charge < -0.3 is 15.4 Å². The molecule has 0 saturated heterocycles. The van der Waals surface area contributed by atoms with Crippen LogP contribution in [0.1, 0.15) is 11.1 Å². The van der Waals surface area contributed by atoms with Crippen LogP contribution in [0.4, 0.5) is 10.5 Å². The highest BCUT2D eigenvalue weighted by Crippen LogP contribution is 2.12. The first-order valence-corrected chi connectivity index (χ1v) is 7.25. The first kappa shape index (κ1) is 16.5. The highest BCUT2D eigenvalue weighted by atomic mass is 16.5. The molecule has 7 heteroatoms. The molecule has 2 aromatic rings. The van der Waals surface area contributed by atoms with Gasteiger partial charge in [0, 0.05) is 12.7 Å². The van der Waals surface area contributed by atoms with Crippen LogP contribution in [-0.2, 0) is 16.0 Å². The molecule has 0 fully saturated rings. The first-order chi connectivity index (χ1) is 11.1. The summed E-state index contributed by atoms with van der Waals surface area (Å²) < 4.78 is 4.83. The molecule has 1 atom stereocenters. The van der Waals surface area contributed by atoms with E-state index in [0.29, 0.717) is 12.1 Å². The van der Waals surface area contributed by atoms with E-state index in [1.165, 1.54) is 13.3 Å². The number of H-pyrrole nitrogens is 1. The van der Waals surface area contributed by atoms with Crippen molar-refractivity contribution in [3.63, 3.8) is 0 Å². The third-order valence-corrected chi connectivity index (χ3v) is 3.36. The summed E-state index contributed by atoms with van der Waals surface area (Å²) in [5.41, 5.74) is 2.70. The van der Waals surface area contributed by atoms with Gasteiger partial charge in [0.15, 0.2) is 0 Å². The van der Waals surface area contributed by atoms with Crippen LogP contribution >= 0.6 is 0 Å². The number of rotatable bonds is 6. The van der Waals surface area contributed by atoms with Crippen molar-refractivity contribution in [3.05, 3.63) is 47.8 Å². The minimum Gasteiger partial charge on any atom is -0.469 e. The fourth-order valence-electron chi connectivity index (χ4n) is 2.24. The second kappa shape index (κ2) is 7.98. The normalized spacial score (nSPS) is 11.6. The third-order valence-electron chi connectivity index (χ3n) is 3.36. The van der Waals surface area contributed by atoms with Crippen LogP contribution in [0.5, 0.6) is 0 Å². The summed E-state index contributed by atoms with van der Waals surface area (Å²) in [5, 5.41) is 11.6. The lowest BCUT2D eigenvalue weighted by Crippen LogP contribution is -2.37. The van der Waals surface area contributed by atoms with Crippen molar-refractivity contribution in [1.82, 2.24) is 15.5 Å². The quantitative estimate of drug-likeness (QED) is 0.709. The average Bonchev–Trinajstić information content (AvgIpc) is 3.03. The molecule has 0 bridgehead atoms. The molecule has 23 heavy (non-hydrogen) atoms. The van der Waals surface area contributed by atoms with E-state index >= 15 is 0 Å². The maximum Gasteiger partial charge on any atom is 0.319 e. The van der Waals surface area contributed by atoms with Crippen LogP contribution < -0.4 is 10.6 Å². The van der Waals surface area contributed by atoms with Gasteiger partial charge >= 0.3 is 12.0 Å². The second-order valence-corrected chi connectivity index (χ2v) is 5.24. The number of benzene rings is 1. The third kappa shape index (κ3) is 5.14. The molecule has 0 saturated carbocycles. The van der Waals surface area contributed by atoms with Gasteiger partial charge in [-0.05, 0) is 18.9 Å². The molecule has 3 N–H and O–H groups in total. The minimum absolute atomic E-state index is 0.185. The molecular weight excluding hydrogens is 296 g/mol. The van der Waals surface area contributed by atoms with E-state index in [0.717, 1.165) is 11.1 Å². The number of amides is 2. The number of urea groups is 1. The van der Waals surface area contributed by atoms with E-state index in [1.807, 2.05) is 31.2 Å². The number of esters is 1. The predicted octanol–water partition coefficient (Wildman–Crippen LogP) is 1.87. The Balaban J connectivity index is 1.93. The summed E-state index contributed by atoms with van der Waals surface area (Å²) in [5.74, 6) is -0.799. The van der Waals surface area contributed by atoms with Crippen molar-refractivity contribution < 1.29 is 14.3 Å². The molecule has 1 aromatic carbocycles. The Bertz CT molecular complexity index is 655. The van der Waals surface area contributed by atoms with E-state index in [1.54, 1.807) is 6.20 Å². The Labute approximate surface area is 134 Å². The largest absolute Gasteiger partial charge is 0.469 e. The van der Waals surface area contributed by atoms with E-state index in [4.69, 9.17) is 4.74 Å². The molecule has 1 aromatic heterocycles. The van der Waals surface area contributed by atoms with Crippen LogP contribution in [0.3, 0.4) is 0 Å². The van der Waals surface area contributed by atoms with Gasteiger partial charge in [-0.1, -0.05) is 29.8 Å². The molecule has 7 nitrogen and oxygen atoms in total. The van der Waals surface area contributed by atoms with Crippen molar-refractivity contribution in [2.24, 2.45) is 5.92 Å². The number of nitrogens with zero attached hydrogens (tertiary/aromatic N) is 1. The van der Waals surface area contributed by atoms with Crippen molar-refractivity contribution in [1.29, 1.82) is 0 Å². The molecule has 0 unspecified atom stereocenters. The van der Waals surface area contributed by atoms with Crippen LogP contribution in [0.2, 0.25) is 0 Å². The zero-order valence-electron chi connectivity index (χ0n) is 13.1. The minimum atomic E-state index is -0.447. The summed E-state index contributed by atoms with van der Waals surface area (Å²) in [7, 11) is 1.34. The molecule has 122 valence electrons. The monoisotopic (exact) mass is 316 g/mol. The summed E-state index contributed by atoms with van der Waals surface area (Å²) in [6.07, 6.45) is 3.55. The van der Waals surface area contributed by atoms with Crippen molar-refractivity contribution in [3.8, 4) is 0 Å². The number of anilines is 1. The van der Waals surface area contributed by atoms with E-state index in [-0.39, 0.29) is 12.5 Å². The molecule has 0 radical (unpaired) electrons. The Kier molecular flexibility index (Phi) is 5.74. The SMILES string of the molecule is COC(=O)[C@H](CNC(=O)Nc1cn[nH]c1)Cc1cccc(C)c1. The van der Waals surface area contributed by atoms with Gasteiger partial charge in [-0.3, -0.25) is 9.89 Å². The predicted molar refractivity (Wildman–Crippen MR) is 86.0 cm³/mol. The van der Waals surface area contributed by atoms with Crippen LogP contribution in [-0.4, -0.2) is 35.9 Å². The van der Waals surface area contributed by atoms with Crippen molar-refractivity contribution >= 4 is 17.7 Å². The van der Waals surface area contributed by atoms with Crippen molar-refractivity contribution in [2.75, 3.05) is 19.0 Å². The molecule has 0 aliphatic heterocycles. The van der Waals surface area contributed by atoms with Gasteiger partial charge in [0.25, 0.3) is 0 Å². The number of aromatic nitrogens is 2. The second-order valence-electron chi connectivity index (χ2n) is 5.24. The van der Waals surface area contributed by atoms with Gasteiger partial charge in [-0.25, -0.2) is 4.79 Å². The average molecular weight is 316 g/mol. The Morgan fingerprint density at radius 3 is 2.87 bits per heavy atom. The number of hydrogen-bond acceptors (Lipinski definition) is 4. The first-order valence-electron chi connectivity index (χ1n) is 7.25. The number of carbonyl (C=O) groups excluding carboxylic acids is 2. The molecular formula is C16H20N4O3. The van der Waals surface area contributed by atoms with E-state index in [2.05, 4.69) is 20.8 Å². The van der Waals surface area contributed by atoms with Gasteiger partial charge in [0.2, 0.25) is 0 Å². The molecule has 2 amide bonds. The van der Waals surface area contributed by atoms with Crippen LogP contribution in [0, 0.1) is 12.8 Å². The van der Waals surface area contributed by atoms with Gasteiger partial charge in [0.05, 0.1) is 24.9 Å². The Hall–Kier alpha value is -2.83. The van der Waals surface area contributed by atoms with Crippen molar-refractivity contribution in [2.45, 2.75) is 13.3 Å². The molecule has 0 spiro atoms. The van der Waals surface area contributed by atoms with E-state index in [9.17, 15) is 9.59 Å². The summed E-state index contributed by atoms with van der Waals surface area (Å²) in [4.78, 5) is 23.7. The molecule has 1 heterocycles. The number of hydrogen-bond donors (Lipinski definition) is 3. The number of methoxy groups -OCH3 is 1.